The smallest absolute Gasteiger partial charge is 0.260 e. The summed E-state index contributed by atoms with van der Waals surface area (Å²) in [4.78, 5) is 0. The molecule has 1 saturated carbocycles. The van der Waals surface area contributed by atoms with Crippen molar-refractivity contribution in [1.29, 1.82) is 0 Å². The summed E-state index contributed by atoms with van der Waals surface area (Å²) in [6.45, 7) is 8.82. The van der Waals surface area contributed by atoms with E-state index in [1.54, 1.807) is 6.92 Å². The van der Waals surface area contributed by atoms with Crippen molar-refractivity contribution in [3.05, 3.63) is 0 Å². The van der Waals surface area contributed by atoms with Gasteiger partial charge < -0.3 is 14.0 Å². The Morgan fingerprint density at radius 2 is 1.57 bits per heavy atom. The highest BCUT2D eigenvalue weighted by molar-refractivity contribution is 7.60. The van der Waals surface area contributed by atoms with Crippen LogP contribution >= 0.6 is 7.37 Å². The van der Waals surface area contributed by atoms with Crippen LogP contribution in [0.1, 0.15) is 66.2 Å². The van der Waals surface area contributed by atoms with E-state index in [1.165, 1.54) is 32.1 Å². The topological polar surface area (TPSA) is 44.8 Å². The summed E-state index contributed by atoms with van der Waals surface area (Å²) in [6.07, 6.45) is 7.97. The Morgan fingerprint density at radius 1 is 1.00 bits per heavy atom. The molecule has 0 bridgehead atoms. The minimum Gasteiger partial charge on any atom is -0.342 e. The fraction of sp³-hybridized carbons (Fsp3) is 1.00. The second kappa shape index (κ2) is 9.29. The molecule has 1 aliphatic rings. The molecule has 126 valence electrons. The first kappa shape index (κ1) is 19.2. The molecule has 0 spiro atoms. The zero-order chi connectivity index (χ0) is 15.8. The van der Waals surface area contributed by atoms with Gasteiger partial charge in [0.25, 0.3) is 7.37 Å². The van der Waals surface area contributed by atoms with Crippen LogP contribution in [0.5, 0.6) is 0 Å². The number of hydrogen-bond acceptors (Lipinski definition) is 4. The molecule has 0 amide bonds. The van der Waals surface area contributed by atoms with Crippen LogP contribution in [0.3, 0.4) is 0 Å². The van der Waals surface area contributed by atoms with Crippen LogP contribution in [0.2, 0.25) is 0 Å². The predicted molar refractivity (Wildman–Crippen MR) is 86.9 cm³/mol. The van der Waals surface area contributed by atoms with E-state index in [0.29, 0.717) is 31.9 Å². The Bertz CT molecular complexity index is 320. The SMILES string of the molecule is CCOC(C)(OCC)P(=O)(CCC1CCCCC1)OCC. The molecule has 0 aromatic carbocycles. The van der Waals surface area contributed by atoms with Gasteiger partial charge in [-0.1, -0.05) is 32.1 Å². The van der Waals surface area contributed by atoms with Crippen molar-refractivity contribution in [3.63, 3.8) is 0 Å². The second-order valence-electron chi connectivity index (χ2n) is 5.87. The van der Waals surface area contributed by atoms with Crippen molar-refractivity contribution in [2.45, 2.75) is 71.7 Å². The summed E-state index contributed by atoms with van der Waals surface area (Å²) in [5.41, 5.74) is -1.11. The summed E-state index contributed by atoms with van der Waals surface area (Å²) >= 11 is 0. The van der Waals surface area contributed by atoms with Gasteiger partial charge in [-0.05, 0) is 40.0 Å². The maximum atomic E-state index is 13.4. The minimum atomic E-state index is -2.99. The highest BCUT2D eigenvalue weighted by Gasteiger charge is 2.47. The zero-order valence-corrected chi connectivity index (χ0v) is 15.1. The fourth-order valence-corrected chi connectivity index (χ4v) is 5.74. The average Bonchev–Trinajstić information content (AvgIpc) is 2.47. The Hall–Kier alpha value is 0.110. The Labute approximate surface area is 130 Å². The normalized spacial score (nSPS) is 20.4. The van der Waals surface area contributed by atoms with E-state index in [0.717, 1.165) is 6.42 Å². The predicted octanol–water partition coefficient (Wildman–Crippen LogP) is 5.02. The van der Waals surface area contributed by atoms with Crippen molar-refractivity contribution in [1.82, 2.24) is 0 Å². The van der Waals surface area contributed by atoms with Gasteiger partial charge in [0.05, 0.1) is 6.61 Å². The molecule has 5 heteroatoms. The maximum absolute atomic E-state index is 13.4. The molecule has 0 N–H and O–H groups in total. The molecule has 4 nitrogen and oxygen atoms in total. The summed E-state index contributed by atoms with van der Waals surface area (Å²) in [5.74, 6) is 0.681. The molecule has 0 aromatic rings. The maximum Gasteiger partial charge on any atom is 0.260 e. The number of hydrogen-bond donors (Lipinski definition) is 0. The molecular weight excluding hydrogens is 287 g/mol. The summed E-state index contributed by atoms with van der Waals surface area (Å²) in [6, 6.07) is 0. The molecule has 1 aliphatic carbocycles. The van der Waals surface area contributed by atoms with Gasteiger partial charge in [0.2, 0.25) is 5.53 Å². The molecule has 0 aliphatic heterocycles. The summed E-state index contributed by atoms with van der Waals surface area (Å²) in [7, 11) is -2.99. The first-order chi connectivity index (χ1) is 10.0. The Morgan fingerprint density at radius 3 is 2.05 bits per heavy atom. The lowest BCUT2D eigenvalue weighted by molar-refractivity contribution is -0.168. The van der Waals surface area contributed by atoms with Crippen LogP contribution in [0, 0.1) is 5.92 Å². The Balaban J connectivity index is 2.75. The second-order valence-corrected chi connectivity index (χ2v) is 8.74. The van der Waals surface area contributed by atoms with Crippen molar-refractivity contribution in [2.75, 3.05) is 26.0 Å². The highest BCUT2D eigenvalue weighted by Crippen LogP contribution is 2.61. The van der Waals surface area contributed by atoms with E-state index >= 15 is 0 Å². The first-order valence-corrected chi connectivity index (χ1v) is 10.3. The lowest BCUT2D eigenvalue weighted by Crippen LogP contribution is -2.35. The van der Waals surface area contributed by atoms with Crippen LogP contribution in [0.25, 0.3) is 0 Å². The minimum absolute atomic E-state index is 0.428. The molecule has 0 saturated heterocycles. The van der Waals surface area contributed by atoms with Crippen molar-refractivity contribution >= 4 is 7.37 Å². The molecule has 1 fully saturated rings. The van der Waals surface area contributed by atoms with Crippen molar-refractivity contribution in [2.24, 2.45) is 5.92 Å². The van der Waals surface area contributed by atoms with Crippen LogP contribution < -0.4 is 0 Å². The van der Waals surface area contributed by atoms with Crippen LogP contribution in [-0.4, -0.2) is 31.5 Å². The van der Waals surface area contributed by atoms with E-state index in [1.807, 2.05) is 20.8 Å². The number of rotatable bonds is 10. The number of ether oxygens (including phenoxy) is 2. The van der Waals surface area contributed by atoms with Crippen molar-refractivity contribution in [3.8, 4) is 0 Å². The average molecular weight is 320 g/mol. The highest BCUT2D eigenvalue weighted by atomic mass is 31.2. The molecule has 21 heavy (non-hydrogen) atoms. The van der Waals surface area contributed by atoms with Crippen LogP contribution in [-0.2, 0) is 18.6 Å². The van der Waals surface area contributed by atoms with Gasteiger partial charge in [-0.15, -0.1) is 0 Å². The van der Waals surface area contributed by atoms with Gasteiger partial charge in [0, 0.05) is 19.4 Å². The van der Waals surface area contributed by atoms with Gasteiger partial charge in [0.15, 0.2) is 0 Å². The third-order valence-electron chi connectivity index (χ3n) is 4.34. The largest absolute Gasteiger partial charge is 0.342 e. The van der Waals surface area contributed by atoms with Crippen LogP contribution in [0.15, 0.2) is 0 Å². The Kier molecular flexibility index (Phi) is 8.48. The van der Waals surface area contributed by atoms with Gasteiger partial charge in [-0.25, -0.2) is 0 Å². The van der Waals surface area contributed by atoms with Gasteiger partial charge in [-0.2, -0.15) is 0 Å². The molecule has 0 aromatic heterocycles. The van der Waals surface area contributed by atoms with E-state index in [9.17, 15) is 4.57 Å². The molecule has 1 rings (SSSR count). The van der Waals surface area contributed by atoms with Gasteiger partial charge >= 0.3 is 0 Å². The van der Waals surface area contributed by atoms with Crippen LogP contribution in [0.4, 0.5) is 0 Å². The molecule has 0 radical (unpaired) electrons. The van der Waals surface area contributed by atoms with E-state index in [-0.39, 0.29) is 0 Å². The third-order valence-corrected chi connectivity index (χ3v) is 7.36. The summed E-state index contributed by atoms with van der Waals surface area (Å²) in [5, 5.41) is 0. The lowest BCUT2D eigenvalue weighted by atomic mass is 9.88. The monoisotopic (exact) mass is 320 g/mol. The quantitative estimate of drug-likeness (QED) is 0.419. The summed E-state index contributed by atoms with van der Waals surface area (Å²) < 4.78 is 30.5. The molecule has 1 unspecified atom stereocenters. The van der Waals surface area contributed by atoms with E-state index in [4.69, 9.17) is 14.0 Å². The zero-order valence-electron chi connectivity index (χ0n) is 14.2. The standard InChI is InChI=1S/C16H33O4P/c1-5-18-16(4,19-6-2)21(17,20-7-3)14-13-15-11-9-8-10-12-15/h15H,5-14H2,1-4H3. The molecule has 1 atom stereocenters. The lowest BCUT2D eigenvalue weighted by Gasteiger charge is -2.37. The van der Waals surface area contributed by atoms with Crippen molar-refractivity contribution < 1.29 is 18.6 Å². The fourth-order valence-electron chi connectivity index (χ4n) is 3.20. The third kappa shape index (κ3) is 5.35. The first-order valence-electron chi connectivity index (χ1n) is 8.53. The van der Waals surface area contributed by atoms with Gasteiger partial charge in [-0.3, -0.25) is 4.57 Å². The van der Waals surface area contributed by atoms with E-state index < -0.39 is 12.9 Å². The van der Waals surface area contributed by atoms with Gasteiger partial charge in [0.1, 0.15) is 0 Å². The van der Waals surface area contributed by atoms with E-state index in [2.05, 4.69) is 0 Å². The molecule has 0 heterocycles. The molecular formula is C16H33O4P.